The Morgan fingerprint density at radius 1 is 1.47 bits per heavy atom. The minimum atomic E-state index is 0.100. The summed E-state index contributed by atoms with van der Waals surface area (Å²) in [7, 11) is 0. The first-order valence-electron chi connectivity index (χ1n) is 7.12. The summed E-state index contributed by atoms with van der Waals surface area (Å²) >= 11 is 0. The Morgan fingerprint density at radius 2 is 2.37 bits per heavy atom. The number of hydrogen-bond acceptors (Lipinski definition) is 3. The van der Waals surface area contributed by atoms with Gasteiger partial charge in [-0.05, 0) is 31.4 Å². The van der Waals surface area contributed by atoms with Crippen molar-refractivity contribution in [1.29, 1.82) is 0 Å². The smallest absolute Gasteiger partial charge is 0.226 e. The molecule has 2 aliphatic heterocycles. The third-order valence-corrected chi connectivity index (χ3v) is 3.84. The molecule has 0 spiro atoms. The summed E-state index contributed by atoms with van der Waals surface area (Å²) in [4.78, 5) is 14.4. The second-order valence-electron chi connectivity index (χ2n) is 5.24. The highest BCUT2D eigenvalue weighted by Crippen LogP contribution is 2.41. The Bertz CT molecular complexity index is 487. The van der Waals surface area contributed by atoms with Crippen molar-refractivity contribution >= 4 is 17.3 Å². The molecule has 1 atom stereocenters. The van der Waals surface area contributed by atoms with Crippen LogP contribution in [0.4, 0.5) is 11.4 Å². The van der Waals surface area contributed by atoms with E-state index in [9.17, 15) is 4.79 Å². The van der Waals surface area contributed by atoms with Crippen molar-refractivity contribution < 1.29 is 9.53 Å². The summed E-state index contributed by atoms with van der Waals surface area (Å²) in [6, 6.07) is 6.38. The zero-order valence-corrected chi connectivity index (χ0v) is 11.3. The van der Waals surface area contributed by atoms with Crippen LogP contribution in [0.1, 0.15) is 32.6 Å². The maximum atomic E-state index is 12.0. The fourth-order valence-electron chi connectivity index (χ4n) is 2.99. The van der Waals surface area contributed by atoms with Gasteiger partial charge < -0.3 is 15.0 Å². The second kappa shape index (κ2) is 5.11. The van der Waals surface area contributed by atoms with Gasteiger partial charge in [-0.25, -0.2) is 0 Å². The molecular formula is C15H20N2O2. The molecule has 0 saturated carbocycles. The molecule has 102 valence electrons. The second-order valence-corrected chi connectivity index (χ2v) is 5.24. The number of para-hydroxylation sites is 1. The summed E-state index contributed by atoms with van der Waals surface area (Å²) < 4.78 is 5.76. The maximum Gasteiger partial charge on any atom is 0.226 e. The molecule has 4 nitrogen and oxygen atoms in total. The largest absolute Gasteiger partial charge is 0.491 e. The average molecular weight is 260 g/mol. The Kier molecular flexibility index (Phi) is 3.32. The number of rotatable bonds is 3. The van der Waals surface area contributed by atoms with Crippen LogP contribution >= 0.6 is 0 Å². The van der Waals surface area contributed by atoms with E-state index in [1.54, 1.807) is 0 Å². The number of carbonyl (C=O) groups excluding carboxylic acids is 1. The highest BCUT2D eigenvalue weighted by molar-refractivity contribution is 5.99. The molecule has 3 rings (SSSR count). The minimum Gasteiger partial charge on any atom is -0.491 e. The molecule has 1 amide bonds. The number of anilines is 2. The number of benzene rings is 1. The van der Waals surface area contributed by atoms with Crippen LogP contribution in [0.2, 0.25) is 0 Å². The van der Waals surface area contributed by atoms with Crippen LogP contribution in [0.3, 0.4) is 0 Å². The molecule has 2 aliphatic rings. The van der Waals surface area contributed by atoms with Crippen molar-refractivity contribution in [2.45, 2.75) is 38.6 Å². The third kappa shape index (κ3) is 2.27. The fraction of sp³-hybridized carbons (Fsp3) is 0.533. The zero-order valence-electron chi connectivity index (χ0n) is 11.3. The first-order chi connectivity index (χ1) is 9.29. The summed E-state index contributed by atoms with van der Waals surface area (Å²) in [6.07, 6.45) is 3.82. The van der Waals surface area contributed by atoms with Gasteiger partial charge in [0, 0.05) is 19.0 Å². The first kappa shape index (κ1) is 12.3. The Hall–Kier alpha value is -1.71. The molecule has 1 unspecified atom stereocenters. The average Bonchev–Trinajstić information content (AvgIpc) is 2.80. The first-order valence-corrected chi connectivity index (χ1v) is 7.12. The van der Waals surface area contributed by atoms with Crippen LogP contribution in [-0.4, -0.2) is 25.1 Å². The molecule has 19 heavy (non-hydrogen) atoms. The normalized spacial score (nSPS) is 21.4. The van der Waals surface area contributed by atoms with E-state index < -0.39 is 0 Å². The van der Waals surface area contributed by atoms with Gasteiger partial charge in [-0.2, -0.15) is 0 Å². The molecule has 2 heterocycles. The number of hydrogen-bond donors (Lipinski definition) is 1. The minimum absolute atomic E-state index is 0.100. The molecular weight excluding hydrogens is 240 g/mol. The van der Waals surface area contributed by atoms with Crippen LogP contribution in [0.25, 0.3) is 0 Å². The van der Waals surface area contributed by atoms with Crippen LogP contribution in [-0.2, 0) is 4.79 Å². The molecule has 4 heteroatoms. The van der Waals surface area contributed by atoms with E-state index in [1.165, 1.54) is 0 Å². The maximum absolute atomic E-state index is 12.0. The van der Waals surface area contributed by atoms with Gasteiger partial charge in [-0.15, -0.1) is 0 Å². The standard InChI is InChI=1S/C15H20N2O2/c1-2-9-19-13-7-3-6-12-15(13)16-14(18)10-11-5-4-8-17(11)12/h3,6-7,11H,2,4-5,8-10H2,1H3,(H,16,18). The van der Waals surface area contributed by atoms with Crippen molar-refractivity contribution in [1.82, 2.24) is 0 Å². The lowest BCUT2D eigenvalue weighted by Gasteiger charge is -2.25. The lowest BCUT2D eigenvalue weighted by atomic mass is 10.1. The number of amides is 1. The zero-order chi connectivity index (χ0) is 13.2. The van der Waals surface area contributed by atoms with E-state index in [1.807, 2.05) is 12.1 Å². The molecule has 1 saturated heterocycles. The van der Waals surface area contributed by atoms with Crippen molar-refractivity contribution in [3.63, 3.8) is 0 Å². The number of ether oxygens (including phenoxy) is 1. The molecule has 0 radical (unpaired) electrons. The number of carbonyl (C=O) groups is 1. The van der Waals surface area contributed by atoms with Crippen LogP contribution in [0, 0.1) is 0 Å². The van der Waals surface area contributed by atoms with Crippen molar-refractivity contribution in [2.75, 3.05) is 23.4 Å². The van der Waals surface area contributed by atoms with Crippen molar-refractivity contribution in [3.05, 3.63) is 18.2 Å². The van der Waals surface area contributed by atoms with Gasteiger partial charge >= 0.3 is 0 Å². The highest BCUT2D eigenvalue weighted by atomic mass is 16.5. The van der Waals surface area contributed by atoms with E-state index in [4.69, 9.17) is 4.74 Å². The summed E-state index contributed by atoms with van der Waals surface area (Å²) in [5, 5.41) is 3.02. The lowest BCUT2D eigenvalue weighted by molar-refractivity contribution is -0.116. The molecule has 1 fully saturated rings. The summed E-state index contributed by atoms with van der Waals surface area (Å²) in [6.45, 7) is 3.79. The van der Waals surface area contributed by atoms with Gasteiger partial charge in [0.25, 0.3) is 0 Å². The molecule has 1 aromatic rings. The van der Waals surface area contributed by atoms with Crippen LogP contribution < -0.4 is 15.0 Å². The number of fused-ring (bicyclic) bond motifs is 3. The monoisotopic (exact) mass is 260 g/mol. The van der Waals surface area contributed by atoms with Gasteiger partial charge in [-0.3, -0.25) is 4.79 Å². The van der Waals surface area contributed by atoms with Gasteiger partial charge in [0.1, 0.15) is 11.4 Å². The van der Waals surface area contributed by atoms with Gasteiger partial charge in [-0.1, -0.05) is 13.0 Å². The van der Waals surface area contributed by atoms with Gasteiger partial charge in [0.15, 0.2) is 0 Å². The molecule has 1 aromatic carbocycles. The quantitative estimate of drug-likeness (QED) is 0.908. The predicted octanol–water partition coefficient (Wildman–Crippen LogP) is 2.79. The molecule has 0 bridgehead atoms. The highest BCUT2D eigenvalue weighted by Gasteiger charge is 2.32. The van der Waals surface area contributed by atoms with Gasteiger partial charge in [0.2, 0.25) is 5.91 Å². The predicted molar refractivity (Wildman–Crippen MR) is 75.8 cm³/mol. The van der Waals surface area contributed by atoms with E-state index in [2.05, 4.69) is 23.2 Å². The Balaban J connectivity index is 2.00. The molecule has 0 aromatic heterocycles. The van der Waals surface area contributed by atoms with Crippen molar-refractivity contribution in [2.24, 2.45) is 0 Å². The fourth-order valence-corrected chi connectivity index (χ4v) is 2.99. The third-order valence-electron chi connectivity index (χ3n) is 3.84. The molecule has 0 aliphatic carbocycles. The number of nitrogens with zero attached hydrogens (tertiary/aromatic N) is 1. The topological polar surface area (TPSA) is 41.6 Å². The van der Waals surface area contributed by atoms with E-state index in [-0.39, 0.29) is 5.91 Å². The van der Waals surface area contributed by atoms with Crippen molar-refractivity contribution in [3.8, 4) is 5.75 Å². The number of nitrogens with one attached hydrogen (secondary N) is 1. The van der Waals surface area contributed by atoms with Crippen LogP contribution in [0.15, 0.2) is 18.2 Å². The Labute approximate surface area is 113 Å². The van der Waals surface area contributed by atoms with E-state index >= 15 is 0 Å². The van der Waals surface area contributed by atoms with E-state index in [0.29, 0.717) is 19.1 Å². The summed E-state index contributed by atoms with van der Waals surface area (Å²) in [5.74, 6) is 0.892. The summed E-state index contributed by atoms with van der Waals surface area (Å²) in [5.41, 5.74) is 1.97. The van der Waals surface area contributed by atoms with Gasteiger partial charge in [0.05, 0.1) is 12.3 Å². The SMILES string of the molecule is CCCOc1cccc2c1NC(=O)CC1CCCN21. The van der Waals surface area contributed by atoms with Crippen LogP contribution in [0.5, 0.6) is 5.75 Å². The molecule has 1 N–H and O–H groups in total. The van der Waals surface area contributed by atoms with E-state index in [0.717, 1.165) is 42.9 Å². The lowest BCUT2D eigenvalue weighted by Crippen LogP contribution is -2.29. The Morgan fingerprint density at radius 3 is 3.21 bits per heavy atom.